The summed E-state index contributed by atoms with van der Waals surface area (Å²) in [5, 5.41) is 14.9. The zero-order valence-corrected chi connectivity index (χ0v) is 9.17. The summed E-state index contributed by atoms with van der Waals surface area (Å²) in [5.74, 6) is -0.832. The number of carbonyl (C=O) groups is 2. The van der Waals surface area contributed by atoms with Gasteiger partial charge in [-0.05, 0) is 6.07 Å². The van der Waals surface area contributed by atoms with Crippen molar-refractivity contribution in [2.75, 3.05) is 13.6 Å². The molecule has 0 spiro atoms. The summed E-state index contributed by atoms with van der Waals surface area (Å²) < 4.78 is 0. The fourth-order valence-electron chi connectivity index (χ4n) is 0.884. The number of rotatable bonds is 4. The second-order valence-corrected chi connectivity index (χ2v) is 3.81. The molecule has 2 N–H and O–H groups in total. The summed E-state index contributed by atoms with van der Waals surface area (Å²) in [4.78, 5) is 32.2. The van der Waals surface area contributed by atoms with Gasteiger partial charge >= 0.3 is 5.00 Å². The van der Waals surface area contributed by atoms with E-state index in [0.717, 1.165) is 11.3 Å². The van der Waals surface area contributed by atoms with Gasteiger partial charge in [-0.1, -0.05) is 11.3 Å². The van der Waals surface area contributed by atoms with Gasteiger partial charge in [0.05, 0.1) is 16.3 Å². The predicted molar refractivity (Wildman–Crippen MR) is 57.4 cm³/mol. The molecule has 0 bridgehead atoms. The van der Waals surface area contributed by atoms with Crippen molar-refractivity contribution in [2.45, 2.75) is 0 Å². The van der Waals surface area contributed by atoms with Crippen molar-refractivity contribution in [3.63, 3.8) is 0 Å². The van der Waals surface area contributed by atoms with Gasteiger partial charge in [-0.3, -0.25) is 19.7 Å². The molecule has 0 aliphatic rings. The molecule has 1 heterocycles. The summed E-state index contributed by atoms with van der Waals surface area (Å²) in [5.41, 5.74) is 0. The molecule has 0 saturated carbocycles. The third-order valence-corrected chi connectivity index (χ3v) is 2.72. The largest absolute Gasteiger partial charge is 0.358 e. The fourth-order valence-corrected chi connectivity index (χ4v) is 1.62. The minimum Gasteiger partial charge on any atom is -0.358 e. The Morgan fingerprint density at radius 1 is 1.50 bits per heavy atom. The van der Waals surface area contributed by atoms with Crippen LogP contribution in [0.15, 0.2) is 12.1 Å². The van der Waals surface area contributed by atoms with E-state index in [0.29, 0.717) is 0 Å². The van der Waals surface area contributed by atoms with Crippen LogP contribution >= 0.6 is 11.3 Å². The predicted octanol–water partition coefficient (Wildman–Crippen LogP) is 0.132. The van der Waals surface area contributed by atoms with Crippen LogP contribution in [0.2, 0.25) is 0 Å². The molecule has 0 saturated heterocycles. The van der Waals surface area contributed by atoms with Gasteiger partial charge in [-0.2, -0.15) is 0 Å². The number of likely N-dealkylation sites (N-methyl/N-ethyl adjacent to an activating group) is 1. The van der Waals surface area contributed by atoms with Crippen molar-refractivity contribution in [3.05, 3.63) is 27.1 Å². The van der Waals surface area contributed by atoms with E-state index in [1.807, 2.05) is 0 Å². The van der Waals surface area contributed by atoms with Gasteiger partial charge in [0.2, 0.25) is 5.91 Å². The van der Waals surface area contributed by atoms with Crippen molar-refractivity contribution in [1.29, 1.82) is 0 Å². The topological polar surface area (TPSA) is 101 Å². The molecule has 0 aliphatic carbocycles. The quantitative estimate of drug-likeness (QED) is 0.579. The molecule has 1 aromatic heterocycles. The molecule has 0 unspecified atom stereocenters. The van der Waals surface area contributed by atoms with E-state index in [2.05, 4.69) is 10.6 Å². The number of nitrogens with one attached hydrogen (secondary N) is 2. The Morgan fingerprint density at radius 2 is 2.19 bits per heavy atom. The summed E-state index contributed by atoms with van der Waals surface area (Å²) in [7, 11) is 1.45. The lowest BCUT2D eigenvalue weighted by Gasteiger charge is -2.01. The molecule has 0 fully saturated rings. The van der Waals surface area contributed by atoms with Gasteiger partial charge in [0.15, 0.2) is 0 Å². The van der Waals surface area contributed by atoms with Gasteiger partial charge in [0.25, 0.3) is 5.91 Å². The smallest absolute Gasteiger partial charge is 0.324 e. The minimum atomic E-state index is -0.569. The number of amides is 2. The number of carbonyl (C=O) groups excluding carboxylic acids is 2. The molecule has 0 radical (unpaired) electrons. The molecule has 0 atom stereocenters. The Labute approximate surface area is 94.6 Å². The highest BCUT2D eigenvalue weighted by atomic mass is 32.1. The monoisotopic (exact) mass is 243 g/mol. The van der Waals surface area contributed by atoms with Crippen LogP contribution in [0.1, 0.15) is 9.67 Å². The van der Waals surface area contributed by atoms with Crippen molar-refractivity contribution < 1.29 is 14.5 Å². The Morgan fingerprint density at radius 3 is 2.69 bits per heavy atom. The second kappa shape index (κ2) is 5.21. The van der Waals surface area contributed by atoms with Crippen LogP contribution < -0.4 is 10.6 Å². The first-order chi connectivity index (χ1) is 7.54. The summed E-state index contributed by atoms with van der Waals surface area (Å²) >= 11 is 0.766. The first-order valence-electron chi connectivity index (χ1n) is 4.27. The van der Waals surface area contributed by atoms with Crippen LogP contribution in [0, 0.1) is 10.1 Å². The van der Waals surface area contributed by atoms with E-state index in [-0.39, 0.29) is 22.3 Å². The highest BCUT2D eigenvalue weighted by Gasteiger charge is 2.15. The maximum absolute atomic E-state index is 11.4. The molecule has 7 nitrogen and oxygen atoms in total. The Bertz CT molecular complexity index is 429. The van der Waals surface area contributed by atoms with Gasteiger partial charge in [0.1, 0.15) is 0 Å². The molecule has 1 rings (SSSR count). The lowest BCUT2D eigenvalue weighted by molar-refractivity contribution is -0.380. The zero-order chi connectivity index (χ0) is 12.1. The summed E-state index contributed by atoms with van der Waals surface area (Å²) in [6.07, 6.45) is 0. The molecule has 8 heteroatoms. The van der Waals surface area contributed by atoms with Crippen molar-refractivity contribution in [3.8, 4) is 0 Å². The second-order valence-electron chi connectivity index (χ2n) is 2.75. The molecule has 0 aliphatic heterocycles. The minimum absolute atomic E-state index is 0.106. The van der Waals surface area contributed by atoms with Crippen LogP contribution in [0.3, 0.4) is 0 Å². The number of hydrogen-bond acceptors (Lipinski definition) is 5. The highest BCUT2D eigenvalue weighted by Crippen LogP contribution is 2.23. The first kappa shape index (κ1) is 12.1. The standard InChI is InChI=1S/C8H9N3O4S/c1-9-6(12)4-10-8(13)5-2-3-7(16-5)11(14)15/h2-3H,4H2,1H3,(H,9,12)(H,10,13). The van der Waals surface area contributed by atoms with Crippen LogP contribution in [-0.4, -0.2) is 30.3 Å². The Kier molecular flexibility index (Phi) is 3.95. The van der Waals surface area contributed by atoms with Gasteiger partial charge in [0, 0.05) is 13.1 Å². The first-order valence-corrected chi connectivity index (χ1v) is 5.09. The average Bonchev–Trinajstić information content (AvgIpc) is 2.74. The van der Waals surface area contributed by atoms with E-state index >= 15 is 0 Å². The van der Waals surface area contributed by atoms with Crippen LogP contribution in [0.4, 0.5) is 5.00 Å². The Balaban J connectivity index is 2.59. The molecular weight excluding hydrogens is 234 g/mol. The fraction of sp³-hybridized carbons (Fsp3) is 0.250. The Hall–Kier alpha value is -1.96. The lowest BCUT2D eigenvalue weighted by atomic mass is 10.4. The normalized spacial score (nSPS) is 9.56. The van der Waals surface area contributed by atoms with Crippen LogP contribution in [0.5, 0.6) is 0 Å². The maximum atomic E-state index is 11.4. The zero-order valence-electron chi connectivity index (χ0n) is 8.35. The van der Waals surface area contributed by atoms with Gasteiger partial charge in [-0.15, -0.1) is 0 Å². The number of nitro groups is 1. The van der Waals surface area contributed by atoms with Crippen LogP contribution in [0.25, 0.3) is 0 Å². The third-order valence-electron chi connectivity index (χ3n) is 1.68. The van der Waals surface area contributed by atoms with Gasteiger partial charge in [-0.25, -0.2) is 0 Å². The van der Waals surface area contributed by atoms with Crippen LogP contribution in [-0.2, 0) is 4.79 Å². The number of hydrogen-bond donors (Lipinski definition) is 2. The number of thiophene rings is 1. The van der Waals surface area contributed by atoms with E-state index in [9.17, 15) is 19.7 Å². The van der Waals surface area contributed by atoms with Crippen molar-refractivity contribution in [1.82, 2.24) is 10.6 Å². The lowest BCUT2D eigenvalue weighted by Crippen LogP contribution is -2.34. The molecule has 16 heavy (non-hydrogen) atoms. The number of nitrogens with zero attached hydrogens (tertiary/aromatic N) is 1. The van der Waals surface area contributed by atoms with E-state index in [1.165, 1.54) is 19.2 Å². The SMILES string of the molecule is CNC(=O)CNC(=O)c1ccc([N+](=O)[O-])s1. The average molecular weight is 243 g/mol. The molecule has 1 aromatic rings. The van der Waals surface area contributed by atoms with E-state index in [4.69, 9.17) is 0 Å². The highest BCUT2D eigenvalue weighted by molar-refractivity contribution is 7.17. The summed E-state index contributed by atoms with van der Waals surface area (Å²) in [6, 6.07) is 2.60. The molecular formula is C8H9N3O4S. The molecule has 86 valence electrons. The van der Waals surface area contributed by atoms with E-state index in [1.54, 1.807) is 0 Å². The van der Waals surface area contributed by atoms with Crippen molar-refractivity contribution >= 4 is 28.2 Å². The van der Waals surface area contributed by atoms with Gasteiger partial charge < -0.3 is 10.6 Å². The van der Waals surface area contributed by atoms with Crippen molar-refractivity contribution in [2.24, 2.45) is 0 Å². The maximum Gasteiger partial charge on any atom is 0.324 e. The third kappa shape index (κ3) is 3.02. The molecule has 2 amide bonds. The van der Waals surface area contributed by atoms with E-state index < -0.39 is 10.8 Å². The molecule has 0 aromatic carbocycles. The summed E-state index contributed by atoms with van der Waals surface area (Å²) in [6.45, 7) is -0.152.